The van der Waals surface area contributed by atoms with Gasteiger partial charge in [0.05, 0.1) is 5.75 Å². The van der Waals surface area contributed by atoms with E-state index in [1.165, 1.54) is 11.8 Å². The molecule has 2 N–H and O–H groups in total. The first kappa shape index (κ1) is 15.0. The zero-order chi connectivity index (χ0) is 15.1. The van der Waals surface area contributed by atoms with Crippen molar-refractivity contribution >= 4 is 24.1 Å². The highest BCUT2D eigenvalue weighted by Gasteiger charge is 2.17. The minimum Gasteiger partial charge on any atom is -0.480 e. The smallest absolute Gasteiger partial charge is 0.327 e. The SMILES string of the molecule is O=CNC(CSCc1nc(-c2ccccc2)no1)C(=O)O. The predicted octanol–water partition coefficient (Wildman–Crippen LogP) is 1.17. The van der Waals surface area contributed by atoms with Gasteiger partial charge in [0, 0.05) is 11.3 Å². The first-order valence-electron chi connectivity index (χ1n) is 6.09. The standard InChI is InChI=1S/C13H13N3O4S/c17-8-14-10(13(18)19)6-21-7-11-15-12(16-20-11)9-4-2-1-3-5-9/h1-5,8,10H,6-7H2,(H,14,17)(H,18,19). The lowest BCUT2D eigenvalue weighted by Crippen LogP contribution is -2.37. The molecule has 1 aromatic heterocycles. The largest absolute Gasteiger partial charge is 0.480 e. The van der Waals surface area contributed by atoms with E-state index in [-0.39, 0.29) is 5.75 Å². The third kappa shape index (κ3) is 4.32. The topological polar surface area (TPSA) is 105 Å². The first-order valence-corrected chi connectivity index (χ1v) is 7.24. The summed E-state index contributed by atoms with van der Waals surface area (Å²) in [6, 6.07) is 8.47. The van der Waals surface area contributed by atoms with E-state index in [1.54, 1.807) is 0 Å². The number of amides is 1. The van der Waals surface area contributed by atoms with E-state index in [0.29, 0.717) is 23.9 Å². The number of carbonyl (C=O) groups is 2. The molecule has 1 amide bonds. The van der Waals surface area contributed by atoms with E-state index in [2.05, 4.69) is 15.5 Å². The number of rotatable bonds is 8. The summed E-state index contributed by atoms with van der Waals surface area (Å²) in [6.45, 7) is 0. The van der Waals surface area contributed by atoms with Crippen LogP contribution in [0.4, 0.5) is 0 Å². The van der Waals surface area contributed by atoms with Crippen molar-refractivity contribution in [3.05, 3.63) is 36.2 Å². The number of carboxylic acid groups (broad SMARTS) is 1. The number of benzene rings is 1. The van der Waals surface area contributed by atoms with E-state index in [0.717, 1.165) is 5.56 Å². The number of carboxylic acids is 1. The number of carbonyl (C=O) groups excluding carboxylic acids is 1. The molecule has 0 bridgehead atoms. The van der Waals surface area contributed by atoms with Gasteiger partial charge in [0.2, 0.25) is 18.1 Å². The molecule has 1 heterocycles. The molecule has 1 atom stereocenters. The Morgan fingerprint density at radius 2 is 2.19 bits per heavy atom. The summed E-state index contributed by atoms with van der Waals surface area (Å²) in [4.78, 5) is 25.4. The van der Waals surface area contributed by atoms with E-state index in [4.69, 9.17) is 9.63 Å². The average Bonchev–Trinajstić information content (AvgIpc) is 2.96. The second-order valence-electron chi connectivity index (χ2n) is 4.07. The molecule has 2 aromatic rings. The quantitative estimate of drug-likeness (QED) is 0.705. The van der Waals surface area contributed by atoms with Crippen LogP contribution in [0, 0.1) is 0 Å². The van der Waals surface area contributed by atoms with Gasteiger partial charge < -0.3 is 14.9 Å². The molecule has 0 aliphatic heterocycles. The average molecular weight is 307 g/mol. The van der Waals surface area contributed by atoms with E-state index in [9.17, 15) is 9.59 Å². The molecule has 0 radical (unpaired) electrons. The van der Waals surface area contributed by atoms with Gasteiger partial charge in [-0.1, -0.05) is 35.5 Å². The molecule has 0 spiro atoms. The van der Waals surface area contributed by atoms with Crippen LogP contribution in [0.3, 0.4) is 0 Å². The molecule has 1 aromatic carbocycles. The summed E-state index contributed by atoms with van der Waals surface area (Å²) in [5, 5.41) is 15.0. The maximum Gasteiger partial charge on any atom is 0.327 e. The summed E-state index contributed by atoms with van der Waals surface area (Å²) < 4.78 is 5.10. The van der Waals surface area contributed by atoms with Gasteiger partial charge >= 0.3 is 5.97 Å². The molecular formula is C13H13N3O4S. The molecule has 7 nitrogen and oxygen atoms in total. The lowest BCUT2D eigenvalue weighted by Gasteiger charge is -2.08. The molecule has 0 aliphatic carbocycles. The van der Waals surface area contributed by atoms with Crippen LogP contribution in [0.15, 0.2) is 34.9 Å². The second-order valence-corrected chi connectivity index (χ2v) is 5.10. The number of nitrogens with one attached hydrogen (secondary N) is 1. The highest BCUT2D eigenvalue weighted by Crippen LogP contribution is 2.17. The zero-order valence-corrected chi connectivity index (χ0v) is 11.7. The van der Waals surface area contributed by atoms with Crippen LogP contribution in [0.2, 0.25) is 0 Å². The van der Waals surface area contributed by atoms with Crippen molar-refractivity contribution in [1.82, 2.24) is 15.5 Å². The fraction of sp³-hybridized carbons (Fsp3) is 0.231. The van der Waals surface area contributed by atoms with Crippen LogP contribution in [0.25, 0.3) is 11.4 Å². The Labute approximate surface area is 124 Å². The van der Waals surface area contributed by atoms with Gasteiger partial charge in [-0.05, 0) is 0 Å². The van der Waals surface area contributed by atoms with E-state index >= 15 is 0 Å². The normalized spacial score (nSPS) is 11.8. The lowest BCUT2D eigenvalue weighted by molar-refractivity contribution is -0.139. The van der Waals surface area contributed by atoms with Gasteiger partial charge in [0.15, 0.2) is 0 Å². The van der Waals surface area contributed by atoms with Gasteiger partial charge in [-0.25, -0.2) is 4.79 Å². The summed E-state index contributed by atoms with van der Waals surface area (Å²) in [7, 11) is 0. The number of hydrogen-bond acceptors (Lipinski definition) is 6. The van der Waals surface area contributed by atoms with Crippen molar-refractivity contribution < 1.29 is 19.2 Å². The van der Waals surface area contributed by atoms with Crippen molar-refractivity contribution in [2.24, 2.45) is 0 Å². The van der Waals surface area contributed by atoms with Gasteiger partial charge in [0.1, 0.15) is 6.04 Å². The van der Waals surface area contributed by atoms with Gasteiger partial charge in [-0.15, -0.1) is 11.8 Å². The van der Waals surface area contributed by atoms with Crippen molar-refractivity contribution in [3.63, 3.8) is 0 Å². The van der Waals surface area contributed by atoms with Crippen LogP contribution >= 0.6 is 11.8 Å². The summed E-state index contributed by atoms with van der Waals surface area (Å²) in [5.74, 6) is 0.424. The molecule has 2 rings (SSSR count). The molecule has 0 saturated carbocycles. The Kier molecular flexibility index (Phi) is 5.33. The van der Waals surface area contributed by atoms with Crippen LogP contribution in [0.1, 0.15) is 5.89 Å². The zero-order valence-electron chi connectivity index (χ0n) is 10.9. The first-order chi connectivity index (χ1) is 10.2. The predicted molar refractivity (Wildman–Crippen MR) is 76.5 cm³/mol. The number of aliphatic carboxylic acids is 1. The summed E-state index contributed by atoms with van der Waals surface area (Å²) in [5.41, 5.74) is 0.850. The molecule has 21 heavy (non-hydrogen) atoms. The Morgan fingerprint density at radius 1 is 1.43 bits per heavy atom. The van der Waals surface area contributed by atoms with Crippen LogP contribution in [-0.4, -0.2) is 39.4 Å². The third-order valence-corrected chi connectivity index (χ3v) is 3.60. The second kappa shape index (κ2) is 7.44. The minimum absolute atomic E-state index is 0.219. The minimum atomic E-state index is -1.08. The van der Waals surface area contributed by atoms with E-state index in [1.807, 2.05) is 30.3 Å². The molecule has 110 valence electrons. The highest BCUT2D eigenvalue weighted by atomic mass is 32.2. The number of aromatic nitrogens is 2. The molecule has 0 saturated heterocycles. The highest BCUT2D eigenvalue weighted by molar-refractivity contribution is 7.98. The van der Waals surface area contributed by atoms with Crippen LogP contribution < -0.4 is 5.32 Å². The van der Waals surface area contributed by atoms with Crippen LogP contribution in [-0.2, 0) is 15.3 Å². The molecule has 0 fully saturated rings. The Morgan fingerprint density at radius 3 is 2.86 bits per heavy atom. The van der Waals surface area contributed by atoms with Crippen molar-refractivity contribution in [3.8, 4) is 11.4 Å². The molecule has 1 unspecified atom stereocenters. The van der Waals surface area contributed by atoms with Gasteiger partial charge in [0.25, 0.3) is 0 Å². The van der Waals surface area contributed by atoms with Gasteiger partial charge in [-0.2, -0.15) is 4.98 Å². The number of hydrogen-bond donors (Lipinski definition) is 2. The van der Waals surface area contributed by atoms with E-state index < -0.39 is 12.0 Å². The number of thioether (sulfide) groups is 1. The Bertz CT molecular complexity index is 602. The van der Waals surface area contributed by atoms with Crippen molar-refractivity contribution in [2.75, 3.05) is 5.75 Å². The van der Waals surface area contributed by atoms with Gasteiger partial charge in [-0.3, -0.25) is 4.79 Å². The van der Waals surface area contributed by atoms with Crippen LogP contribution in [0.5, 0.6) is 0 Å². The Balaban J connectivity index is 1.88. The fourth-order valence-electron chi connectivity index (χ4n) is 1.55. The van der Waals surface area contributed by atoms with Crippen molar-refractivity contribution in [2.45, 2.75) is 11.8 Å². The molecular weight excluding hydrogens is 294 g/mol. The summed E-state index contributed by atoms with van der Waals surface area (Å²) >= 11 is 1.29. The summed E-state index contributed by atoms with van der Waals surface area (Å²) in [6.07, 6.45) is 0.375. The Hall–Kier alpha value is -2.35. The molecule has 0 aliphatic rings. The molecule has 8 heteroatoms. The fourth-order valence-corrected chi connectivity index (χ4v) is 2.44. The number of nitrogens with zero attached hydrogens (tertiary/aromatic N) is 2. The monoisotopic (exact) mass is 307 g/mol. The van der Waals surface area contributed by atoms with Crippen molar-refractivity contribution in [1.29, 1.82) is 0 Å². The third-order valence-electron chi connectivity index (χ3n) is 2.58. The maximum atomic E-state index is 10.8. The lowest BCUT2D eigenvalue weighted by atomic mass is 10.2. The maximum absolute atomic E-state index is 10.8.